The van der Waals surface area contributed by atoms with Gasteiger partial charge in [0.25, 0.3) is 0 Å². The zero-order valence-corrected chi connectivity index (χ0v) is 21.6. The average Bonchev–Trinajstić information content (AvgIpc) is 3.44. The third-order valence-electron chi connectivity index (χ3n) is 6.18. The Hall–Kier alpha value is -2.92. The van der Waals surface area contributed by atoms with Gasteiger partial charge >= 0.3 is 0 Å². The molecule has 188 valence electrons. The van der Waals surface area contributed by atoms with Crippen molar-refractivity contribution in [2.24, 2.45) is 0 Å². The minimum absolute atomic E-state index is 0.0335. The standard InChI is InChI=1S/C24H31FN6O3S/c1-14(21-26-11-17(25)12-27-21)15(2)35-30-23-29-28-22(16-10-24(3,4)34-13-16)31(23)20-18(32-5)8-7-9-19(20)33-6/h7-9,11-12,14-16H,10,13H2,1-6H3,(H,29,30). The van der Waals surface area contributed by atoms with Gasteiger partial charge in [-0.25, -0.2) is 14.4 Å². The first-order valence-electron chi connectivity index (χ1n) is 11.4. The van der Waals surface area contributed by atoms with Gasteiger partial charge in [-0.05, 0) is 44.3 Å². The number of nitrogens with one attached hydrogen (secondary N) is 1. The summed E-state index contributed by atoms with van der Waals surface area (Å²) in [5, 5.41) is 9.09. The van der Waals surface area contributed by atoms with E-state index in [9.17, 15) is 4.39 Å². The Kier molecular flexibility index (Phi) is 7.46. The quantitative estimate of drug-likeness (QED) is 0.416. The number of hydrogen-bond donors (Lipinski definition) is 1. The Labute approximate surface area is 208 Å². The summed E-state index contributed by atoms with van der Waals surface area (Å²) in [6.07, 6.45) is 3.18. The third-order valence-corrected chi connectivity index (χ3v) is 7.26. The molecule has 3 aromatic rings. The van der Waals surface area contributed by atoms with E-state index in [4.69, 9.17) is 14.2 Å². The Bertz CT molecular complexity index is 1130. The van der Waals surface area contributed by atoms with Gasteiger partial charge in [0, 0.05) is 17.1 Å². The molecule has 0 aliphatic carbocycles. The van der Waals surface area contributed by atoms with E-state index in [1.54, 1.807) is 14.2 Å². The van der Waals surface area contributed by atoms with Crippen LogP contribution in [0.4, 0.5) is 10.3 Å². The number of halogens is 1. The number of para-hydroxylation sites is 1. The van der Waals surface area contributed by atoms with E-state index in [0.717, 1.165) is 12.2 Å². The zero-order valence-electron chi connectivity index (χ0n) is 20.8. The smallest absolute Gasteiger partial charge is 0.239 e. The van der Waals surface area contributed by atoms with Gasteiger partial charge < -0.3 is 14.2 Å². The molecule has 0 radical (unpaired) electrons. The number of anilines is 1. The first kappa shape index (κ1) is 25.2. The largest absolute Gasteiger partial charge is 0.494 e. The van der Waals surface area contributed by atoms with Gasteiger partial charge in [0.1, 0.15) is 28.8 Å². The summed E-state index contributed by atoms with van der Waals surface area (Å²) in [5.41, 5.74) is 0.473. The van der Waals surface area contributed by atoms with Crippen LogP contribution in [-0.4, -0.2) is 56.4 Å². The monoisotopic (exact) mass is 502 g/mol. The molecule has 11 heteroatoms. The van der Waals surface area contributed by atoms with Crippen molar-refractivity contribution in [1.29, 1.82) is 0 Å². The second-order valence-corrected chi connectivity index (χ2v) is 10.4. The molecule has 1 fully saturated rings. The predicted octanol–water partition coefficient (Wildman–Crippen LogP) is 4.75. The summed E-state index contributed by atoms with van der Waals surface area (Å²) in [7, 11) is 3.25. The second kappa shape index (κ2) is 10.4. The van der Waals surface area contributed by atoms with Crippen molar-refractivity contribution < 1.29 is 18.6 Å². The zero-order chi connectivity index (χ0) is 25.2. The van der Waals surface area contributed by atoms with Crippen molar-refractivity contribution in [2.75, 3.05) is 25.5 Å². The maximum absolute atomic E-state index is 13.2. The fourth-order valence-corrected chi connectivity index (χ4v) is 4.87. The lowest BCUT2D eigenvalue weighted by molar-refractivity contribution is 0.0360. The van der Waals surface area contributed by atoms with Crippen molar-refractivity contribution in [3.05, 3.63) is 48.1 Å². The molecule has 4 rings (SSSR count). The van der Waals surface area contributed by atoms with E-state index in [2.05, 4.69) is 38.7 Å². The summed E-state index contributed by atoms with van der Waals surface area (Å²) in [6.45, 7) is 8.75. The van der Waals surface area contributed by atoms with Gasteiger partial charge in [-0.15, -0.1) is 10.2 Å². The summed E-state index contributed by atoms with van der Waals surface area (Å²) < 4.78 is 35.9. The maximum atomic E-state index is 13.2. The lowest BCUT2D eigenvalue weighted by atomic mass is 9.97. The summed E-state index contributed by atoms with van der Waals surface area (Å²) in [6, 6.07) is 5.63. The molecule has 35 heavy (non-hydrogen) atoms. The molecule has 1 saturated heterocycles. The molecule has 0 bridgehead atoms. The van der Waals surface area contributed by atoms with Gasteiger partial charge in [-0.2, -0.15) is 0 Å². The third kappa shape index (κ3) is 5.35. The molecule has 3 unspecified atom stereocenters. The van der Waals surface area contributed by atoms with Crippen molar-refractivity contribution >= 4 is 17.9 Å². The van der Waals surface area contributed by atoms with Crippen molar-refractivity contribution in [1.82, 2.24) is 24.7 Å². The van der Waals surface area contributed by atoms with Gasteiger partial charge in [-0.3, -0.25) is 9.29 Å². The first-order chi connectivity index (χ1) is 16.7. The van der Waals surface area contributed by atoms with Gasteiger partial charge in [0.15, 0.2) is 5.82 Å². The molecule has 0 spiro atoms. The average molecular weight is 503 g/mol. The van der Waals surface area contributed by atoms with Crippen LogP contribution in [-0.2, 0) is 4.74 Å². The summed E-state index contributed by atoms with van der Waals surface area (Å²) >= 11 is 1.47. The van der Waals surface area contributed by atoms with Crippen LogP contribution < -0.4 is 14.2 Å². The number of hydrogen-bond acceptors (Lipinski definition) is 9. The molecule has 0 amide bonds. The van der Waals surface area contributed by atoms with E-state index in [1.807, 2.05) is 36.6 Å². The van der Waals surface area contributed by atoms with Crippen molar-refractivity contribution in [2.45, 2.75) is 56.8 Å². The Balaban J connectivity index is 1.67. The van der Waals surface area contributed by atoms with E-state index < -0.39 is 5.82 Å². The molecule has 1 aliphatic rings. The van der Waals surface area contributed by atoms with Crippen LogP contribution in [0.2, 0.25) is 0 Å². The number of nitrogens with zero attached hydrogens (tertiary/aromatic N) is 5. The van der Waals surface area contributed by atoms with E-state index >= 15 is 0 Å². The van der Waals surface area contributed by atoms with E-state index in [0.29, 0.717) is 35.6 Å². The van der Waals surface area contributed by atoms with Crippen LogP contribution in [0.25, 0.3) is 5.69 Å². The topological polar surface area (TPSA) is 96.2 Å². The molecule has 0 saturated carbocycles. The lowest BCUT2D eigenvalue weighted by Crippen LogP contribution is -2.17. The molecule has 2 aromatic heterocycles. The van der Waals surface area contributed by atoms with Gasteiger partial charge in [0.2, 0.25) is 5.95 Å². The predicted molar refractivity (Wildman–Crippen MR) is 133 cm³/mol. The number of benzene rings is 1. The fourth-order valence-electron chi connectivity index (χ4n) is 4.12. The van der Waals surface area contributed by atoms with E-state index in [1.165, 1.54) is 24.3 Å². The van der Waals surface area contributed by atoms with Crippen LogP contribution in [0, 0.1) is 5.82 Å². The van der Waals surface area contributed by atoms with E-state index in [-0.39, 0.29) is 22.7 Å². The number of ether oxygens (including phenoxy) is 3. The summed E-state index contributed by atoms with van der Waals surface area (Å²) in [5.74, 6) is 2.72. The maximum Gasteiger partial charge on any atom is 0.239 e. The van der Waals surface area contributed by atoms with Crippen molar-refractivity contribution in [3.63, 3.8) is 0 Å². The molecule has 9 nitrogen and oxygen atoms in total. The minimum atomic E-state index is -0.454. The molecule has 3 heterocycles. The van der Waals surface area contributed by atoms with Crippen LogP contribution in [0.1, 0.15) is 57.6 Å². The summed E-state index contributed by atoms with van der Waals surface area (Å²) in [4.78, 5) is 8.25. The molecule has 1 N–H and O–H groups in total. The van der Waals surface area contributed by atoms with Crippen LogP contribution in [0.3, 0.4) is 0 Å². The minimum Gasteiger partial charge on any atom is -0.494 e. The number of aromatic nitrogens is 5. The SMILES string of the molecule is COc1cccc(OC)c1-n1c(NSC(C)C(C)c2ncc(F)cn2)nnc1C1COC(C)(C)C1. The number of methoxy groups -OCH3 is 2. The van der Waals surface area contributed by atoms with Gasteiger partial charge in [0.05, 0.1) is 38.8 Å². The Morgan fingerprint density at radius 2 is 1.80 bits per heavy atom. The number of rotatable bonds is 9. The van der Waals surface area contributed by atoms with Crippen LogP contribution in [0.15, 0.2) is 30.6 Å². The second-order valence-electron chi connectivity index (χ2n) is 9.17. The molecule has 1 aromatic carbocycles. The highest BCUT2D eigenvalue weighted by atomic mass is 32.2. The Morgan fingerprint density at radius 3 is 2.37 bits per heavy atom. The molecule has 3 atom stereocenters. The van der Waals surface area contributed by atoms with Crippen molar-refractivity contribution in [3.8, 4) is 17.2 Å². The molecule has 1 aliphatic heterocycles. The highest BCUT2D eigenvalue weighted by molar-refractivity contribution is 8.01. The normalized spacial score (nSPS) is 18.8. The fraction of sp³-hybridized carbons (Fsp3) is 0.500. The molecular formula is C24H31FN6O3S. The van der Waals surface area contributed by atoms with Crippen LogP contribution >= 0.6 is 11.9 Å². The van der Waals surface area contributed by atoms with Gasteiger partial charge in [-0.1, -0.05) is 19.9 Å². The highest BCUT2D eigenvalue weighted by Gasteiger charge is 2.37. The highest BCUT2D eigenvalue weighted by Crippen LogP contribution is 2.41. The Morgan fingerprint density at radius 1 is 1.14 bits per heavy atom. The molecular weight excluding hydrogens is 471 g/mol. The van der Waals surface area contributed by atoms with Crippen LogP contribution in [0.5, 0.6) is 11.5 Å². The first-order valence-corrected chi connectivity index (χ1v) is 12.3. The lowest BCUT2D eigenvalue weighted by Gasteiger charge is -2.21.